The Morgan fingerprint density at radius 1 is 1.07 bits per heavy atom. The van der Waals surface area contributed by atoms with Gasteiger partial charge in [-0.3, -0.25) is 10.1 Å². The molecule has 1 fully saturated rings. The van der Waals surface area contributed by atoms with Crippen LogP contribution in [0.5, 0.6) is 17.2 Å². The summed E-state index contributed by atoms with van der Waals surface area (Å²) in [5, 5.41) is 3.30. The van der Waals surface area contributed by atoms with E-state index in [1.54, 1.807) is 20.3 Å². The van der Waals surface area contributed by atoms with Crippen LogP contribution in [0, 0.1) is 0 Å². The number of carbonyl (C=O) groups is 1. The van der Waals surface area contributed by atoms with Gasteiger partial charge in [-0.2, -0.15) is 0 Å². The lowest BCUT2D eigenvalue weighted by Gasteiger charge is -2.22. The normalized spacial score (nSPS) is 14.5. The molecule has 1 N–H and O–H groups in total. The smallest absolute Gasteiger partial charge is 0.264 e. The van der Waals surface area contributed by atoms with Gasteiger partial charge in [-0.05, 0) is 42.5 Å². The Morgan fingerprint density at radius 2 is 1.83 bits per heavy atom. The van der Waals surface area contributed by atoms with Gasteiger partial charge < -0.3 is 14.2 Å². The summed E-state index contributed by atoms with van der Waals surface area (Å²) in [5.74, 6) is 2.39. The SMILES string of the molecule is COc1cc(OC)c2nc(NC(=O)COc3ccc(C4CCCCC4)cc3)sc2c1. The number of anilines is 1. The van der Waals surface area contributed by atoms with Gasteiger partial charge in [-0.25, -0.2) is 4.98 Å². The van der Waals surface area contributed by atoms with Gasteiger partial charge in [-0.15, -0.1) is 0 Å². The molecule has 0 unspecified atom stereocenters. The lowest BCUT2D eigenvalue weighted by atomic mass is 9.84. The molecule has 1 saturated carbocycles. The average Bonchev–Trinajstić information content (AvgIpc) is 3.20. The van der Waals surface area contributed by atoms with E-state index in [9.17, 15) is 4.79 Å². The molecule has 1 amide bonds. The highest BCUT2D eigenvalue weighted by atomic mass is 32.1. The first-order chi connectivity index (χ1) is 14.7. The van der Waals surface area contributed by atoms with E-state index in [1.165, 1.54) is 49.0 Å². The van der Waals surface area contributed by atoms with E-state index < -0.39 is 0 Å². The molecule has 7 heteroatoms. The number of fused-ring (bicyclic) bond motifs is 1. The van der Waals surface area contributed by atoms with Gasteiger partial charge >= 0.3 is 0 Å². The van der Waals surface area contributed by atoms with E-state index in [0.717, 1.165) is 4.70 Å². The van der Waals surface area contributed by atoms with Crippen molar-refractivity contribution in [1.82, 2.24) is 4.98 Å². The Labute approximate surface area is 180 Å². The van der Waals surface area contributed by atoms with E-state index in [0.29, 0.717) is 33.8 Å². The number of hydrogen-bond acceptors (Lipinski definition) is 6. The summed E-state index contributed by atoms with van der Waals surface area (Å²) in [5.41, 5.74) is 2.06. The van der Waals surface area contributed by atoms with Gasteiger partial charge in [0.15, 0.2) is 11.7 Å². The van der Waals surface area contributed by atoms with Crippen molar-refractivity contribution >= 4 is 32.6 Å². The van der Waals surface area contributed by atoms with Crippen molar-refractivity contribution < 1.29 is 19.0 Å². The standard InChI is InChI=1S/C23H26N2O4S/c1-27-18-12-19(28-2)22-20(13-18)30-23(25-22)24-21(26)14-29-17-10-8-16(9-11-17)15-6-4-3-5-7-15/h8-13,15H,3-7,14H2,1-2H3,(H,24,25,26). The van der Waals surface area contributed by atoms with Crippen molar-refractivity contribution in [1.29, 1.82) is 0 Å². The largest absolute Gasteiger partial charge is 0.497 e. The number of methoxy groups -OCH3 is 2. The molecule has 0 spiro atoms. The third kappa shape index (κ3) is 4.67. The summed E-state index contributed by atoms with van der Waals surface area (Å²) in [6.45, 7) is -0.0703. The Hall–Kier alpha value is -2.80. The minimum Gasteiger partial charge on any atom is -0.497 e. The second-order valence-corrected chi connectivity index (χ2v) is 8.47. The van der Waals surface area contributed by atoms with Crippen LogP contribution >= 0.6 is 11.3 Å². The van der Waals surface area contributed by atoms with E-state index >= 15 is 0 Å². The lowest BCUT2D eigenvalue weighted by Crippen LogP contribution is -2.20. The molecule has 0 atom stereocenters. The first-order valence-corrected chi connectivity index (χ1v) is 11.0. The second kappa shape index (κ2) is 9.34. The third-order valence-electron chi connectivity index (χ3n) is 5.46. The van der Waals surface area contributed by atoms with Crippen molar-refractivity contribution in [2.45, 2.75) is 38.0 Å². The van der Waals surface area contributed by atoms with Crippen molar-refractivity contribution in [3.8, 4) is 17.2 Å². The van der Waals surface area contributed by atoms with Gasteiger partial charge in [0.05, 0.1) is 18.9 Å². The number of nitrogens with zero attached hydrogens (tertiary/aromatic N) is 1. The average molecular weight is 427 g/mol. The predicted octanol–water partition coefficient (Wildman–Crippen LogP) is 5.38. The topological polar surface area (TPSA) is 69.7 Å². The Bertz CT molecular complexity index is 1010. The van der Waals surface area contributed by atoms with Gasteiger partial charge in [0.25, 0.3) is 5.91 Å². The zero-order valence-electron chi connectivity index (χ0n) is 17.3. The molecule has 1 heterocycles. The summed E-state index contributed by atoms with van der Waals surface area (Å²) in [4.78, 5) is 16.8. The first-order valence-electron chi connectivity index (χ1n) is 10.2. The zero-order valence-corrected chi connectivity index (χ0v) is 18.1. The molecule has 158 valence electrons. The summed E-state index contributed by atoms with van der Waals surface area (Å²) in [6.07, 6.45) is 6.51. The molecule has 3 aromatic rings. The van der Waals surface area contributed by atoms with E-state index in [2.05, 4.69) is 22.4 Å². The fraction of sp³-hybridized carbons (Fsp3) is 0.391. The minimum atomic E-state index is -0.253. The number of nitrogens with one attached hydrogen (secondary N) is 1. The van der Waals surface area contributed by atoms with Crippen LogP contribution in [0.15, 0.2) is 36.4 Å². The molecule has 0 radical (unpaired) electrons. The second-order valence-electron chi connectivity index (χ2n) is 7.44. The molecule has 0 aliphatic heterocycles. The maximum absolute atomic E-state index is 12.3. The van der Waals surface area contributed by atoms with Crippen LogP contribution < -0.4 is 19.5 Å². The Kier molecular flexibility index (Phi) is 6.38. The van der Waals surface area contributed by atoms with Crippen LogP contribution in [-0.2, 0) is 4.79 Å². The monoisotopic (exact) mass is 426 g/mol. The quantitative estimate of drug-likeness (QED) is 0.549. The molecule has 6 nitrogen and oxygen atoms in total. The predicted molar refractivity (Wildman–Crippen MR) is 119 cm³/mol. The maximum atomic E-state index is 12.3. The molecular formula is C23H26N2O4S. The number of ether oxygens (including phenoxy) is 3. The number of aromatic nitrogens is 1. The molecular weight excluding hydrogens is 400 g/mol. The van der Waals surface area contributed by atoms with E-state index in [1.807, 2.05) is 18.2 Å². The van der Waals surface area contributed by atoms with Crippen LogP contribution in [-0.4, -0.2) is 31.7 Å². The number of amides is 1. The Morgan fingerprint density at radius 3 is 2.53 bits per heavy atom. The number of hydrogen-bond donors (Lipinski definition) is 1. The van der Waals surface area contributed by atoms with Crippen LogP contribution in [0.2, 0.25) is 0 Å². The summed E-state index contributed by atoms with van der Waals surface area (Å²) >= 11 is 1.37. The van der Waals surface area contributed by atoms with Crippen molar-refractivity contribution in [2.24, 2.45) is 0 Å². The van der Waals surface area contributed by atoms with Crippen molar-refractivity contribution in [3.63, 3.8) is 0 Å². The molecule has 30 heavy (non-hydrogen) atoms. The summed E-state index contributed by atoms with van der Waals surface area (Å²) in [6, 6.07) is 11.8. The number of carbonyl (C=O) groups excluding carboxylic acids is 1. The fourth-order valence-corrected chi connectivity index (χ4v) is 4.81. The molecule has 1 aromatic heterocycles. The maximum Gasteiger partial charge on any atom is 0.264 e. The summed E-state index contributed by atoms with van der Waals surface area (Å²) < 4.78 is 17.2. The highest BCUT2D eigenvalue weighted by Crippen LogP contribution is 2.36. The highest BCUT2D eigenvalue weighted by Gasteiger charge is 2.16. The molecule has 1 aliphatic carbocycles. The van der Waals surface area contributed by atoms with Gasteiger partial charge in [-0.1, -0.05) is 42.7 Å². The molecule has 2 aromatic carbocycles. The van der Waals surface area contributed by atoms with E-state index in [4.69, 9.17) is 14.2 Å². The van der Waals surface area contributed by atoms with Gasteiger partial charge in [0.2, 0.25) is 0 Å². The van der Waals surface area contributed by atoms with Crippen LogP contribution in [0.25, 0.3) is 10.2 Å². The first kappa shape index (κ1) is 20.5. The van der Waals surface area contributed by atoms with Crippen LogP contribution in [0.4, 0.5) is 5.13 Å². The minimum absolute atomic E-state index is 0.0703. The number of thiazole rings is 1. The highest BCUT2D eigenvalue weighted by molar-refractivity contribution is 7.22. The summed E-state index contributed by atoms with van der Waals surface area (Å²) in [7, 11) is 3.18. The third-order valence-corrected chi connectivity index (χ3v) is 6.38. The molecule has 1 aliphatic rings. The molecule has 0 bridgehead atoms. The number of benzene rings is 2. The van der Waals surface area contributed by atoms with Gasteiger partial charge in [0.1, 0.15) is 22.8 Å². The zero-order chi connectivity index (χ0) is 20.9. The molecule has 4 rings (SSSR count). The van der Waals surface area contributed by atoms with Crippen LogP contribution in [0.3, 0.4) is 0 Å². The Balaban J connectivity index is 1.35. The van der Waals surface area contributed by atoms with Crippen molar-refractivity contribution in [2.75, 3.05) is 26.1 Å². The van der Waals surface area contributed by atoms with E-state index in [-0.39, 0.29) is 12.5 Å². The van der Waals surface area contributed by atoms with Crippen LogP contribution in [0.1, 0.15) is 43.6 Å². The molecule has 0 saturated heterocycles. The fourth-order valence-electron chi connectivity index (χ4n) is 3.88. The lowest BCUT2D eigenvalue weighted by molar-refractivity contribution is -0.118. The number of rotatable bonds is 7. The van der Waals surface area contributed by atoms with Gasteiger partial charge in [0, 0.05) is 6.07 Å². The van der Waals surface area contributed by atoms with Crippen molar-refractivity contribution in [3.05, 3.63) is 42.0 Å².